The number of nitrogens with one attached hydrogen (secondary N) is 1. The number of carbonyl (C=O) groups is 1. The zero-order valence-corrected chi connectivity index (χ0v) is 17.4. The quantitative estimate of drug-likeness (QED) is 0.172. The van der Waals surface area contributed by atoms with E-state index in [1.54, 1.807) is 0 Å². The summed E-state index contributed by atoms with van der Waals surface area (Å²) in [4.78, 5) is 11.0. The minimum Gasteiger partial charge on any atom is -0.396 e. The second kappa shape index (κ2) is 13.5. The van der Waals surface area contributed by atoms with E-state index >= 15 is 0 Å². The fourth-order valence-electron chi connectivity index (χ4n) is 3.80. The number of rotatable bonds is 7. The Morgan fingerprint density at radius 1 is 0.742 bits per heavy atom. The summed E-state index contributed by atoms with van der Waals surface area (Å²) in [6.07, 6.45) is -4.96. The summed E-state index contributed by atoms with van der Waals surface area (Å²) in [5.41, 5.74) is 5.59. The monoisotopic (exact) mass is 456 g/mol. The summed E-state index contributed by atoms with van der Waals surface area (Å²) in [5, 5.41) is 76.3. The fourth-order valence-corrected chi connectivity index (χ4v) is 3.80. The normalized spacial score (nSPS) is 40.6. The van der Waals surface area contributed by atoms with E-state index in [4.69, 9.17) is 45.8 Å². The number of aliphatic hydroxyl groups excluding tert-OH is 8. The Morgan fingerprint density at radius 3 is 1.55 bits per heavy atom. The van der Waals surface area contributed by atoms with Crippen molar-refractivity contribution < 1.29 is 55.1 Å². The zero-order valence-electron chi connectivity index (χ0n) is 17.4. The first-order valence-electron chi connectivity index (χ1n) is 10.0. The molecule has 1 amide bonds. The topological polar surface area (TPSA) is 235 Å². The van der Waals surface area contributed by atoms with Crippen LogP contribution in [0.25, 0.3) is 0 Å². The third kappa shape index (κ3) is 7.00. The molecule has 2 aliphatic heterocycles. The van der Waals surface area contributed by atoms with Crippen LogP contribution < -0.4 is 11.1 Å². The van der Waals surface area contributed by atoms with Gasteiger partial charge in [0.2, 0.25) is 5.91 Å². The van der Waals surface area contributed by atoms with Gasteiger partial charge in [-0.1, -0.05) is 0 Å². The lowest BCUT2D eigenvalue weighted by atomic mass is 9.86. The van der Waals surface area contributed by atoms with Gasteiger partial charge in [0.1, 0.15) is 6.10 Å². The zero-order chi connectivity index (χ0) is 23.7. The van der Waals surface area contributed by atoms with Crippen molar-refractivity contribution in [2.75, 3.05) is 39.6 Å². The van der Waals surface area contributed by atoms with Crippen molar-refractivity contribution in [3.05, 3.63) is 0 Å². The molecule has 2 aliphatic rings. The molecular weight excluding hydrogens is 420 g/mol. The van der Waals surface area contributed by atoms with E-state index in [0.29, 0.717) is 0 Å². The van der Waals surface area contributed by atoms with Crippen molar-refractivity contribution in [1.29, 1.82) is 0 Å². The molecule has 0 aromatic heterocycles. The van der Waals surface area contributed by atoms with Crippen molar-refractivity contribution in [2.24, 2.45) is 17.6 Å². The van der Waals surface area contributed by atoms with Crippen molar-refractivity contribution in [3.63, 3.8) is 0 Å². The Labute approximate surface area is 180 Å². The van der Waals surface area contributed by atoms with E-state index in [1.807, 2.05) is 0 Å². The molecule has 0 aromatic carbocycles. The highest BCUT2D eigenvalue weighted by atomic mass is 16.5. The van der Waals surface area contributed by atoms with E-state index in [1.165, 1.54) is 6.92 Å². The molecule has 2 fully saturated rings. The molecule has 184 valence electrons. The van der Waals surface area contributed by atoms with E-state index in [-0.39, 0.29) is 38.9 Å². The lowest BCUT2D eigenvalue weighted by Crippen LogP contribution is -2.63. The Balaban J connectivity index is 0.000000316. The molecule has 10 atom stereocenters. The van der Waals surface area contributed by atoms with Crippen LogP contribution in [0.3, 0.4) is 0 Å². The summed E-state index contributed by atoms with van der Waals surface area (Å²) < 4.78 is 10.6. The van der Waals surface area contributed by atoms with Gasteiger partial charge in [0.15, 0.2) is 0 Å². The average molecular weight is 456 g/mol. The summed E-state index contributed by atoms with van der Waals surface area (Å²) in [5.74, 6) is -1.66. The first kappa shape index (κ1) is 28.1. The molecule has 0 aliphatic carbocycles. The highest BCUT2D eigenvalue weighted by Gasteiger charge is 2.45. The van der Waals surface area contributed by atoms with Crippen LogP contribution in [0.2, 0.25) is 0 Å². The molecule has 10 unspecified atom stereocenters. The van der Waals surface area contributed by atoms with Gasteiger partial charge >= 0.3 is 0 Å². The van der Waals surface area contributed by atoms with Crippen molar-refractivity contribution in [3.8, 4) is 0 Å². The maximum absolute atomic E-state index is 11.0. The number of hydrogen-bond donors (Lipinski definition) is 10. The van der Waals surface area contributed by atoms with Crippen LogP contribution in [0.5, 0.6) is 0 Å². The number of aliphatic hydroxyl groups is 8. The van der Waals surface area contributed by atoms with Crippen LogP contribution in [0.15, 0.2) is 0 Å². The number of carbonyl (C=O) groups excluding carboxylic acids is 1. The van der Waals surface area contributed by atoms with Crippen LogP contribution in [0, 0.1) is 11.8 Å². The molecule has 0 aromatic rings. The first-order chi connectivity index (χ1) is 14.7. The maximum Gasteiger partial charge on any atom is 0.217 e. The standard InChI is InChI=1S/C10H19NO6.C8H17NO5/c1-5(15)11-9-8(4-14)17-7(3-13)6(2-12)10(9)16;9-7-6(3-12)14-5(2-11)4(1-10)8(7)13/h6-10,12-14,16H,2-4H2,1H3,(H,11,15);4-8,10-13H,1-3,9H2. The smallest absolute Gasteiger partial charge is 0.217 e. The molecule has 13 nitrogen and oxygen atoms in total. The van der Waals surface area contributed by atoms with Crippen molar-refractivity contribution in [1.82, 2.24) is 5.32 Å². The fraction of sp³-hybridized carbons (Fsp3) is 0.944. The molecule has 0 saturated carbocycles. The van der Waals surface area contributed by atoms with Crippen LogP contribution in [0.4, 0.5) is 0 Å². The Hall–Kier alpha value is -0.970. The van der Waals surface area contributed by atoms with Gasteiger partial charge in [-0.25, -0.2) is 0 Å². The molecule has 0 radical (unpaired) electrons. The van der Waals surface area contributed by atoms with E-state index in [9.17, 15) is 15.0 Å². The van der Waals surface area contributed by atoms with Crippen molar-refractivity contribution >= 4 is 5.91 Å². The Bertz CT molecular complexity index is 527. The molecular formula is C18H36N2O11. The highest BCUT2D eigenvalue weighted by molar-refractivity contribution is 5.73. The lowest BCUT2D eigenvalue weighted by Gasteiger charge is -2.43. The van der Waals surface area contributed by atoms with Gasteiger partial charge < -0.3 is 61.4 Å². The van der Waals surface area contributed by atoms with E-state index in [0.717, 1.165) is 0 Å². The van der Waals surface area contributed by atoms with Gasteiger partial charge in [-0.2, -0.15) is 0 Å². The lowest BCUT2D eigenvalue weighted by molar-refractivity contribution is -0.186. The summed E-state index contributed by atoms with van der Waals surface area (Å²) in [6.45, 7) is -0.785. The van der Waals surface area contributed by atoms with Crippen LogP contribution >= 0.6 is 0 Å². The van der Waals surface area contributed by atoms with Crippen molar-refractivity contribution in [2.45, 2.75) is 55.6 Å². The maximum atomic E-state index is 11.0. The Morgan fingerprint density at radius 2 is 1.16 bits per heavy atom. The molecule has 2 heterocycles. The SMILES string of the molecule is CC(=O)NC1C(CO)OC(CO)C(CO)C1O.NC1C(CO)OC(CO)C(CO)C1O. The number of nitrogens with two attached hydrogens (primary N) is 1. The number of amides is 1. The number of hydrogen-bond acceptors (Lipinski definition) is 12. The van der Waals surface area contributed by atoms with Crippen LogP contribution in [-0.2, 0) is 14.3 Å². The minimum absolute atomic E-state index is 0.307. The first-order valence-corrected chi connectivity index (χ1v) is 10.0. The molecule has 0 spiro atoms. The second-order valence-electron chi connectivity index (χ2n) is 7.63. The largest absolute Gasteiger partial charge is 0.396 e. The summed E-state index contributed by atoms with van der Waals surface area (Å²) >= 11 is 0. The molecule has 13 heteroatoms. The van der Waals surface area contributed by atoms with E-state index in [2.05, 4.69) is 5.32 Å². The third-order valence-corrected chi connectivity index (χ3v) is 5.64. The van der Waals surface area contributed by atoms with Gasteiger partial charge in [-0.05, 0) is 0 Å². The summed E-state index contributed by atoms with van der Waals surface area (Å²) in [6, 6.07) is -1.53. The van der Waals surface area contributed by atoms with Gasteiger partial charge in [0.25, 0.3) is 0 Å². The summed E-state index contributed by atoms with van der Waals surface area (Å²) in [7, 11) is 0. The van der Waals surface area contributed by atoms with Gasteiger partial charge in [0, 0.05) is 18.8 Å². The molecule has 31 heavy (non-hydrogen) atoms. The third-order valence-electron chi connectivity index (χ3n) is 5.64. The van der Waals surface area contributed by atoms with Gasteiger partial charge in [0.05, 0.1) is 82.2 Å². The average Bonchev–Trinajstić information content (AvgIpc) is 2.76. The number of ether oxygens (including phenoxy) is 2. The predicted molar refractivity (Wildman–Crippen MR) is 104 cm³/mol. The molecule has 0 bridgehead atoms. The molecule has 2 rings (SSSR count). The molecule has 11 N–H and O–H groups in total. The highest BCUT2D eigenvalue weighted by Crippen LogP contribution is 2.26. The van der Waals surface area contributed by atoms with Gasteiger partial charge in [-0.3, -0.25) is 4.79 Å². The molecule has 2 saturated heterocycles. The van der Waals surface area contributed by atoms with E-state index < -0.39 is 67.2 Å². The second-order valence-corrected chi connectivity index (χ2v) is 7.63. The predicted octanol–water partition coefficient (Wildman–Crippen LogP) is -5.75. The minimum atomic E-state index is -1.08. The van der Waals surface area contributed by atoms with Crippen LogP contribution in [0.1, 0.15) is 6.92 Å². The van der Waals surface area contributed by atoms with Gasteiger partial charge in [-0.15, -0.1) is 0 Å². The Kier molecular flexibility index (Phi) is 12.3. The van der Waals surface area contributed by atoms with Crippen LogP contribution in [-0.4, -0.2) is 135 Å².